The van der Waals surface area contributed by atoms with E-state index in [4.69, 9.17) is 4.74 Å². The van der Waals surface area contributed by atoms with Crippen LogP contribution in [0.2, 0.25) is 0 Å². The van der Waals surface area contributed by atoms with Gasteiger partial charge >= 0.3 is 5.97 Å². The second-order valence-corrected chi connectivity index (χ2v) is 7.65. The molecule has 1 N–H and O–H groups in total. The van der Waals surface area contributed by atoms with Gasteiger partial charge in [0, 0.05) is 16.8 Å². The minimum Gasteiger partial charge on any atom is -0.456 e. The van der Waals surface area contributed by atoms with Crippen LogP contribution < -0.4 is 5.32 Å². The number of carbonyl (C=O) groups excluding carboxylic acids is 2. The van der Waals surface area contributed by atoms with Crippen molar-refractivity contribution in [3.63, 3.8) is 0 Å². The highest BCUT2D eigenvalue weighted by Gasteiger charge is 2.22. The molecule has 1 atom stereocenters. The zero-order chi connectivity index (χ0) is 18.8. The van der Waals surface area contributed by atoms with Gasteiger partial charge in [-0.15, -0.1) is 11.8 Å². The van der Waals surface area contributed by atoms with E-state index in [0.29, 0.717) is 11.3 Å². The van der Waals surface area contributed by atoms with Crippen LogP contribution in [0, 0.1) is 0 Å². The maximum atomic E-state index is 12.5. The predicted molar refractivity (Wildman–Crippen MR) is 105 cm³/mol. The van der Waals surface area contributed by atoms with Gasteiger partial charge in [-0.3, -0.25) is 4.79 Å². The van der Waals surface area contributed by atoms with E-state index in [1.807, 2.05) is 66.2 Å². The number of hydrogen-bond acceptors (Lipinski definition) is 4. The third-order valence-electron chi connectivity index (χ3n) is 4.35. The average Bonchev–Trinajstić information content (AvgIpc) is 3.10. The first kappa shape index (κ1) is 17.4. The fourth-order valence-corrected chi connectivity index (χ4v) is 3.86. The molecule has 1 aliphatic rings. The van der Waals surface area contributed by atoms with Gasteiger partial charge in [0.2, 0.25) is 5.91 Å². The smallest absolute Gasteiger partial charge is 0.340 e. The van der Waals surface area contributed by atoms with Crippen LogP contribution in [0.5, 0.6) is 0 Å². The first-order valence-electron chi connectivity index (χ1n) is 8.62. The van der Waals surface area contributed by atoms with Crippen molar-refractivity contribution in [2.45, 2.75) is 23.7 Å². The molecule has 1 aromatic heterocycles. The number of nitrogens with zero attached hydrogens (tertiary/aromatic N) is 1. The lowest BCUT2D eigenvalue weighted by atomic mass is 10.1. The highest BCUT2D eigenvalue weighted by atomic mass is 32.2. The lowest BCUT2D eigenvalue weighted by Crippen LogP contribution is -2.22. The Kier molecular flexibility index (Phi) is 4.73. The summed E-state index contributed by atoms with van der Waals surface area (Å²) in [6.07, 6.45) is 1.90. The summed E-state index contributed by atoms with van der Waals surface area (Å²) >= 11 is 1.49. The number of cyclic esters (lactones) is 1. The largest absolute Gasteiger partial charge is 0.456 e. The van der Waals surface area contributed by atoms with Crippen molar-refractivity contribution in [1.82, 2.24) is 4.57 Å². The van der Waals surface area contributed by atoms with Crippen LogP contribution in [0.15, 0.2) is 71.8 Å². The topological polar surface area (TPSA) is 60.3 Å². The molecule has 27 heavy (non-hydrogen) atoms. The zero-order valence-electron chi connectivity index (χ0n) is 14.7. The van der Waals surface area contributed by atoms with E-state index in [1.165, 1.54) is 11.8 Å². The van der Waals surface area contributed by atoms with Crippen molar-refractivity contribution >= 4 is 29.3 Å². The molecule has 2 heterocycles. The Morgan fingerprint density at radius 1 is 1.15 bits per heavy atom. The highest BCUT2D eigenvalue weighted by Crippen LogP contribution is 2.27. The number of rotatable bonds is 4. The fourth-order valence-electron chi connectivity index (χ4n) is 2.97. The van der Waals surface area contributed by atoms with E-state index in [9.17, 15) is 9.59 Å². The number of ether oxygens (including phenoxy) is 1. The monoisotopic (exact) mass is 378 g/mol. The van der Waals surface area contributed by atoms with Gasteiger partial charge in [0.25, 0.3) is 0 Å². The molecular weight excluding hydrogens is 360 g/mol. The summed E-state index contributed by atoms with van der Waals surface area (Å²) in [4.78, 5) is 25.9. The summed E-state index contributed by atoms with van der Waals surface area (Å²) in [5.74, 6) is -0.510. The molecule has 4 rings (SSSR count). The number of fused-ring (bicyclic) bond motifs is 3. The van der Waals surface area contributed by atoms with Gasteiger partial charge < -0.3 is 14.6 Å². The number of thioether (sulfide) groups is 1. The summed E-state index contributed by atoms with van der Waals surface area (Å²) in [5, 5.41) is 2.62. The molecule has 2 aromatic carbocycles. The SMILES string of the molecule is CC(Sc1ccccc1)C(=O)Nc1ccc2c(c1)C(=O)OCc1cccn1-2. The Bertz CT molecular complexity index is 998. The van der Waals surface area contributed by atoms with Crippen molar-refractivity contribution in [1.29, 1.82) is 0 Å². The van der Waals surface area contributed by atoms with E-state index in [1.54, 1.807) is 12.1 Å². The number of anilines is 1. The summed E-state index contributed by atoms with van der Waals surface area (Å²) in [5.41, 5.74) is 2.67. The average molecular weight is 378 g/mol. The Hall–Kier alpha value is -2.99. The summed E-state index contributed by atoms with van der Waals surface area (Å²) in [6, 6.07) is 18.9. The number of benzene rings is 2. The fraction of sp³-hybridized carbons (Fsp3) is 0.143. The first-order chi connectivity index (χ1) is 13.1. The van der Waals surface area contributed by atoms with Gasteiger partial charge in [-0.25, -0.2) is 4.79 Å². The Morgan fingerprint density at radius 3 is 2.78 bits per heavy atom. The molecular formula is C21H18N2O3S. The summed E-state index contributed by atoms with van der Waals surface area (Å²) in [6.45, 7) is 2.09. The molecule has 3 aromatic rings. The highest BCUT2D eigenvalue weighted by molar-refractivity contribution is 8.00. The molecule has 1 amide bonds. The van der Waals surface area contributed by atoms with Crippen molar-refractivity contribution in [2.75, 3.05) is 5.32 Å². The molecule has 136 valence electrons. The molecule has 0 spiro atoms. The lowest BCUT2D eigenvalue weighted by molar-refractivity contribution is -0.115. The van der Waals surface area contributed by atoms with Crippen molar-refractivity contribution in [3.8, 4) is 5.69 Å². The second kappa shape index (κ2) is 7.32. The van der Waals surface area contributed by atoms with Crippen molar-refractivity contribution < 1.29 is 14.3 Å². The van der Waals surface area contributed by atoms with Crippen LogP contribution in [0.4, 0.5) is 5.69 Å². The minimum atomic E-state index is -0.392. The molecule has 0 saturated heterocycles. The lowest BCUT2D eigenvalue weighted by Gasteiger charge is -2.14. The Labute approximate surface area is 161 Å². The van der Waals surface area contributed by atoms with Crippen LogP contribution in [0.3, 0.4) is 0 Å². The third-order valence-corrected chi connectivity index (χ3v) is 5.47. The number of nitrogens with one attached hydrogen (secondary N) is 1. The second-order valence-electron chi connectivity index (χ2n) is 6.24. The molecule has 0 fully saturated rings. The minimum absolute atomic E-state index is 0.118. The van der Waals surface area contributed by atoms with Gasteiger partial charge in [0.15, 0.2) is 0 Å². The van der Waals surface area contributed by atoms with Crippen LogP contribution in [-0.2, 0) is 16.1 Å². The van der Waals surface area contributed by atoms with Gasteiger partial charge in [-0.1, -0.05) is 18.2 Å². The van der Waals surface area contributed by atoms with Crippen molar-refractivity contribution in [3.05, 3.63) is 78.1 Å². The Morgan fingerprint density at radius 2 is 1.96 bits per heavy atom. The quantitative estimate of drug-likeness (QED) is 0.544. The standard InChI is InChI=1S/C21H18N2O3S/c1-14(27-17-7-3-2-4-8-17)20(24)22-15-9-10-19-18(12-15)21(25)26-13-16-6-5-11-23(16)19/h2-12,14H,13H2,1H3,(H,22,24). The number of aromatic nitrogens is 1. The predicted octanol–water partition coefficient (Wildman–Crippen LogP) is 4.27. The van der Waals surface area contributed by atoms with Gasteiger partial charge in [0.1, 0.15) is 6.61 Å². The van der Waals surface area contributed by atoms with Gasteiger partial charge in [-0.05, 0) is 49.4 Å². The number of hydrogen-bond donors (Lipinski definition) is 1. The molecule has 1 unspecified atom stereocenters. The van der Waals surface area contributed by atoms with Crippen molar-refractivity contribution in [2.24, 2.45) is 0 Å². The third kappa shape index (κ3) is 3.61. The van der Waals surface area contributed by atoms with Crippen LogP contribution >= 0.6 is 11.8 Å². The van der Waals surface area contributed by atoms with Gasteiger partial charge in [0.05, 0.1) is 22.2 Å². The molecule has 1 aliphatic heterocycles. The van der Waals surface area contributed by atoms with Crippen LogP contribution in [0.1, 0.15) is 23.0 Å². The number of amides is 1. The molecule has 0 bridgehead atoms. The van der Waals surface area contributed by atoms with E-state index >= 15 is 0 Å². The van der Waals surface area contributed by atoms with Crippen LogP contribution in [0.25, 0.3) is 5.69 Å². The van der Waals surface area contributed by atoms with Gasteiger partial charge in [-0.2, -0.15) is 0 Å². The van der Waals surface area contributed by atoms with Crippen LogP contribution in [-0.4, -0.2) is 21.7 Å². The summed E-state index contributed by atoms with van der Waals surface area (Å²) < 4.78 is 7.25. The molecule has 0 radical (unpaired) electrons. The normalized spacial score (nSPS) is 13.7. The summed E-state index contributed by atoms with van der Waals surface area (Å²) in [7, 11) is 0. The first-order valence-corrected chi connectivity index (χ1v) is 9.50. The Balaban J connectivity index is 1.54. The van der Waals surface area contributed by atoms with E-state index in [-0.39, 0.29) is 17.8 Å². The molecule has 5 nitrogen and oxygen atoms in total. The maximum Gasteiger partial charge on any atom is 0.340 e. The molecule has 0 saturated carbocycles. The molecule has 6 heteroatoms. The van der Waals surface area contributed by atoms with E-state index in [2.05, 4.69) is 5.32 Å². The molecule has 0 aliphatic carbocycles. The number of carbonyl (C=O) groups is 2. The number of esters is 1. The zero-order valence-corrected chi connectivity index (χ0v) is 15.5. The maximum absolute atomic E-state index is 12.5. The van der Waals surface area contributed by atoms with E-state index < -0.39 is 5.97 Å². The van der Waals surface area contributed by atoms with E-state index in [0.717, 1.165) is 16.3 Å².